The SMILES string of the molecule is CC(C)(C)[Si](C)(C)Oc1cccc([C@H](c2ccccc2-c2nnn[nH]2)N2CCN(Cc3ccccc3)CC2)c1. The van der Waals surface area contributed by atoms with Crippen LogP contribution < -0.4 is 4.43 Å². The van der Waals surface area contributed by atoms with Crippen LogP contribution in [0.5, 0.6) is 5.75 Å². The summed E-state index contributed by atoms with van der Waals surface area (Å²) in [5.74, 6) is 1.64. The van der Waals surface area contributed by atoms with Crippen molar-refractivity contribution in [2.75, 3.05) is 26.2 Å². The lowest BCUT2D eigenvalue weighted by Crippen LogP contribution is -2.47. The monoisotopic (exact) mass is 540 g/mol. The molecule has 0 spiro atoms. The van der Waals surface area contributed by atoms with E-state index in [-0.39, 0.29) is 11.1 Å². The van der Waals surface area contributed by atoms with Crippen molar-refractivity contribution < 1.29 is 4.43 Å². The van der Waals surface area contributed by atoms with E-state index in [9.17, 15) is 0 Å². The van der Waals surface area contributed by atoms with E-state index in [2.05, 4.69) is 137 Å². The molecule has 0 unspecified atom stereocenters. The van der Waals surface area contributed by atoms with E-state index in [0.29, 0.717) is 5.82 Å². The Labute approximate surface area is 233 Å². The van der Waals surface area contributed by atoms with E-state index in [1.807, 2.05) is 6.07 Å². The van der Waals surface area contributed by atoms with Crippen LogP contribution in [0.15, 0.2) is 78.9 Å². The van der Waals surface area contributed by atoms with Gasteiger partial charge < -0.3 is 4.43 Å². The summed E-state index contributed by atoms with van der Waals surface area (Å²) < 4.78 is 6.74. The summed E-state index contributed by atoms with van der Waals surface area (Å²) in [6.07, 6.45) is 0. The molecule has 3 aromatic carbocycles. The molecule has 204 valence electrons. The van der Waals surface area contributed by atoms with E-state index in [0.717, 1.165) is 44.0 Å². The van der Waals surface area contributed by atoms with Crippen molar-refractivity contribution in [2.24, 2.45) is 0 Å². The van der Waals surface area contributed by atoms with Gasteiger partial charge in [-0.3, -0.25) is 9.80 Å². The van der Waals surface area contributed by atoms with Gasteiger partial charge in [-0.1, -0.05) is 87.5 Å². The minimum absolute atomic E-state index is 0.0492. The minimum atomic E-state index is -1.97. The first-order valence-corrected chi connectivity index (χ1v) is 16.7. The molecule has 7 nitrogen and oxygen atoms in total. The number of hydrogen-bond donors (Lipinski definition) is 1. The standard InChI is InChI=1S/C31H40N6OSi/c1-31(2,3)39(4,5)38-26-15-11-14-25(22-26)29(27-16-9-10-17-28(27)30-32-34-35-33-30)37-20-18-36(19-21-37)23-24-12-7-6-8-13-24/h6-17,22,29H,18-21,23H2,1-5H3,(H,32,33,34,35)/t29-/m1/s1. The summed E-state index contributed by atoms with van der Waals surface area (Å²) in [5.41, 5.74) is 4.80. The lowest BCUT2D eigenvalue weighted by atomic mass is 9.92. The molecule has 2 heterocycles. The van der Waals surface area contributed by atoms with E-state index in [1.54, 1.807) is 0 Å². The van der Waals surface area contributed by atoms with Crippen molar-refractivity contribution >= 4 is 8.32 Å². The highest BCUT2D eigenvalue weighted by Crippen LogP contribution is 2.40. The molecule has 1 aliphatic heterocycles. The molecule has 1 aliphatic rings. The Morgan fingerprint density at radius 2 is 1.62 bits per heavy atom. The van der Waals surface area contributed by atoms with Crippen LogP contribution in [0.1, 0.15) is 43.5 Å². The number of H-pyrrole nitrogens is 1. The van der Waals surface area contributed by atoms with Gasteiger partial charge in [-0.15, -0.1) is 5.10 Å². The average molecular weight is 541 g/mol. The number of tetrazole rings is 1. The summed E-state index contributed by atoms with van der Waals surface area (Å²) >= 11 is 0. The van der Waals surface area contributed by atoms with E-state index >= 15 is 0 Å². The Hall–Kier alpha value is -3.33. The topological polar surface area (TPSA) is 70.2 Å². The molecule has 0 radical (unpaired) electrons. The van der Waals surface area contributed by atoms with Crippen molar-refractivity contribution in [3.8, 4) is 17.1 Å². The molecular weight excluding hydrogens is 500 g/mol. The van der Waals surface area contributed by atoms with Gasteiger partial charge in [-0.05, 0) is 57.4 Å². The first-order chi connectivity index (χ1) is 18.7. The number of nitrogens with zero attached hydrogens (tertiary/aromatic N) is 5. The number of piperazine rings is 1. The molecule has 1 saturated heterocycles. The van der Waals surface area contributed by atoms with Gasteiger partial charge in [0.2, 0.25) is 8.32 Å². The molecule has 8 heteroatoms. The Kier molecular flexibility index (Phi) is 7.97. The van der Waals surface area contributed by atoms with Gasteiger partial charge in [0.15, 0.2) is 5.82 Å². The normalized spacial score (nSPS) is 16.2. The summed E-state index contributed by atoms with van der Waals surface area (Å²) in [5, 5.41) is 15.1. The van der Waals surface area contributed by atoms with Crippen molar-refractivity contribution in [1.82, 2.24) is 30.4 Å². The summed E-state index contributed by atoms with van der Waals surface area (Å²) in [6.45, 7) is 16.4. The summed E-state index contributed by atoms with van der Waals surface area (Å²) in [4.78, 5) is 5.14. The van der Waals surface area contributed by atoms with Crippen LogP contribution in [0.2, 0.25) is 18.1 Å². The number of aromatic nitrogens is 4. The lowest BCUT2D eigenvalue weighted by Gasteiger charge is -2.40. The number of benzene rings is 3. The van der Waals surface area contributed by atoms with Crippen molar-refractivity contribution in [2.45, 2.75) is 51.5 Å². The molecule has 1 N–H and O–H groups in total. The Balaban J connectivity index is 1.47. The van der Waals surface area contributed by atoms with Crippen molar-refractivity contribution in [1.29, 1.82) is 0 Å². The van der Waals surface area contributed by atoms with Gasteiger partial charge >= 0.3 is 0 Å². The van der Waals surface area contributed by atoms with Crippen LogP contribution in [0.3, 0.4) is 0 Å². The zero-order valence-corrected chi connectivity index (χ0v) is 24.8. The third-order valence-electron chi connectivity index (χ3n) is 8.23. The number of hydrogen-bond acceptors (Lipinski definition) is 6. The number of nitrogens with one attached hydrogen (secondary N) is 1. The van der Waals surface area contributed by atoms with Crippen LogP contribution in [-0.2, 0) is 6.54 Å². The average Bonchev–Trinajstić information content (AvgIpc) is 3.45. The fraction of sp³-hybridized carbons (Fsp3) is 0.387. The zero-order valence-electron chi connectivity index (χ0n) is 23.8. The molecule has 5 rings (SSSR count). The Bertz CT molecular complexity index is 1350. The number of rotatable bonds is 8. The highest BCUT2D eigenvalue weighted by atomic mass is 28.4. The quantitative estimate of drug-likeness (QED) is 0.270. The maximum Gasteiger partial charge on any atom is 0.250 e. The molecule has 0 saturated carbocycles. The van der Waals surface area contributed by atoms with Crippen molar-refractivity contribution in [3.05, 3.63) is 95.6 Å². The van der Waals surface area contributed by atoms with Crippen LogP contribution in [0, 0.1) is 0 Å². The third kappa shape index (κ3) is 6.29. The van der Waals surface area contributed by atoms with Crippen LogP contribution >= 0.6 is 0 Å². The summed E-state index contributed by atoms with van der Waals surface area (Å²) in [6, 6.07) is 28.0. The fourth-order valence-corrected chi connectivity index (χ4v) is 6.05. The lowest BCUT2D eigenvalue weighted by molar-refractivity contribution is 0.105. The largest absolute Gasteiger partial charge is 0.543 e. The van der Waals surface area contributed by atoms with Gasteiger partial charge in [0.1, 0.15) is 5.75 Å². The Morgan fingerprint density at radius 1 is 0.897 bits per heavy atom. The maximum atomic E-state index is 6.74. The first kappa shape index (κ1) is 27.2. The predicted molar refractivity (Wildman–Crippen MR) is 159 cm³/mol. The second-order valence-electron chi connectivity index (χ2n) is 12.0. The fourth-order valence-electron chi connectivity index (χ4n) is 5.03. The highest BCUT2D eigenvalue weighted by molar-refractivity contribution is 6.74. The van der Waals surface area contributed by atoms with Crippen molar-refractivity contribution in [3.63, 3.8) is 0 Å². The molecule has 0 aliphatic carbocycles. The molecule has 4 aromatic rings. The van der Waals surface area contributed by atoms with E-state index in [4.69, 9.17) is 4.43 Å². The van der Waals surface area contributed by atoms with Gasteiger partial charge in [-0.2, -0.15) is 0 Å². The smallest absolute Gasteiger partial charge is 0.250 e. The number of aromatic amines is 1. The second-order valence-corrected chi connectivity index (χ2v) is 16.7. The van der Waals surface area contributed by atoms with Crippen LogP contribution in [0.4, 0.5) is 0 Å². The third-order valence-corrected chi connectivity index (χ3v) is 12.6. The molecule has 0 bridgehead atoms. The predicted octanol–water partition coefficient (Wildman–Crippen LogP) is 6.16. The van der Waals surface area contributed by atoms with Gasteiger partial charge in [0, 0.05) is 38.3 Å². The molecule has 1 fully saturated rings. The molecular formula is C31H40N6OSi. The molecule has 0 amide bonds. The van der Waals surface area contributed by atoms with Crippen LogP contribution in [-0.4, -0.2) is 64.9 Å². The van der Waals surface area contributed by atoms with E-state index < -0.39 is 8.32 Å². The van der Waals surface area contributed by atoms with Gasteiger partial charge in [0.05, 0.1) is 6.04 Å². The van der Waals surface area contributed by atoms with Gasteiger partial charge in [-0.25, -0.2) is 5.10 Å². The van der Waals surface area contributed by atoms with Crippen LogP contribution in [0.25, 0.3) is 11.4 Å². The summed E-state index contributed by atoms with van der Waals surface area (Å²) in [7, 11) is -1.97. The zero-order chi connectivity index (χ0) is 27.5. The molecule has 1 atom stereocenters. The maximum absolute atomic E-state index is 6.74. The van der Waals surface area contributed by atoms with E-state index in [1.165, 1.54) is 16.7 Å². The molecule has 1 aromatic heterocycles. The van der Waals surface area contributed by atoms with Gasteiger partial charge in [0.25, 0.3) is 0 Å². The second kappa shape index (κ2) is 11.4. The highest BCUT2D eigenvalue weighted by Gasteiger charge is 2.39. The molecule has 39 heavy (non-hydrogen) atoms. The minimum Gasteiger partial charge on any atom is -0.543 e. The first-order valence-electron chi connectivity index (χ1n) is 13.8. The Morgan fingerprint density at radius 3 is 2.31 bits per heavy atom.